The number of nitrogens with zero attached hydrogens (tertiary/aromatic N) is 3. The Hall–Kier alpha value is -3.48. The van der Waals surface area contributed by atoms with Gasteiger partial charge in [-0.25, -0.2) is 4.98 Å². The number of methoxy groups -OCH3 is 1. The molecule has 7 heteroatoms. The van der Waals surface area contributed by atoms with Gasteiger partial charge in [-0.15, -0.1) is 0 Å². The number of rotatable bonds is 6. The van der Waals surface area contributed by atoms with Crippen LogP contribution in [0.3, 0.4) is 0 Å². The minimum Gasteiger partial charge on any atom is -0.497 e. The first kappa shape index (κ1) is 16.4. The van der Waals surface area contributed by atoms with Crippen LogP contribution in [-0.2, 0) is 11.3 Å². The van der Waals surface area contributed by atoms with Crippen molar-refractivity contribution in [1.82, 2.24) is 25.5 Å². The molecule has 0 atom stereocenters. The lowest BCUT2D eigenvalue weighted by Crippen LogP contribution is -2.20. The molecule has 0 saturated carbocycles. The number of benzene rings is 1. The zero-order chi connectivity index (χ0) is 17.5. The molecule has 2 aromatic heterocycles. The van der Waals surface area contributed by atoms with Gasteiger partial charge in [-0.05, 0) is 42.0 Å². The summed E-state index contributed by atoms with van der Waals surface area (Å²) in [5, 5.41) is 9.73. The van der Waals surface area contributed by atoms with Gasteiger partial charge < -0.3 is 10.1 Å². The van der Waals surface area contributed by atoms with Crippen molar-refractivity contribution < 1.29 is 9.53 Å². The summed E-state index contributed by atoms with van der Waals surface area (Å²) in [6.07, 6.45) is 6.52. The lowest BCUT2D eigenvalue weighted by molar-refractivity contribution is -0.116. The number of carbonyl (C=O) groups is 1. The molecular formula is C18H17N5O2. The minimum atomic E-state index is -0.216. The predicted molar refractivity (Wildman–Crippen MR) is 93.5 cm³/mol. The highest BCUT2D eigenvalue weighted by Gasteiger charge is 2.06. The topological polar surface area (TPSA) is 92.8 Å². The second kappa shape index (κ2) is 7.87. The number of pyridine rings is 1. The number of ether oxygens (including phenoxy) is 1. The first-order valence-corrected chi connectivity index (χ1v) is 7.66. The molecule has 0 aliphatic carbocycles. The second-order valence-electron chi connectivity index (χ2n) is 5.17. The van der Waals surface area contributed by atoms with Crippen molar-refractivity contribution >= 4 is 12.0 Å². The van der Waals surface area contributed by atoms with Crippen molar-refractivity contribution in [2.75, 3.05) is 7.11 Å². The van der Waals surface area contributed by atoms with Gasteiger partial charge >= 0.3 is 0 Å². The van der Waals surface area contributed by atoms with E-state index in [-0.39, 0.29) is 12.5 Å². The van der Waals surface area contributed by atoms with Crippen LogP contribution < -0.4 is 10.1 Å². The van der Waals surface area contributed by atoms with E-state index in [4.69, 9.17) is 4.74 Å². The van der Waals surface area contributed by atoms with E-state index < -0.39 is 0 Å². The van der Waals surface area contributed by atoms with Crippen LogP contribution in [0.4, 0.5) is 0 Å². The molecule has 0 saturated heterocycles. The van der Waals surface area contributed by atoms with Crippen LogP contribution in [0.2, 0.25) is 0 Å². The molecule has 3 rings (SSSR count). The minimum absolute atomic E-state index is 0.216. The summed E-state index contributed by atoms with van der Waals surface area (Å²) < 4.78 is 5.12. The quantitative estimate of drug-likeness (QED) is 0.674. The number of aromatic amines is 1. The van der Waals surface area contributed by atoms with Gasteiger partial charge in [-0.1, -0.05) is 6.07 Å². The van der Waals surface area contributed by atoms with Crippen LogP contribution in [0.15, 0.2) is 54.9 Å². The van der Waals surface area contributed by atoms with E-state index in [2.05, 4.69) is 25.5 Å². The molecule has 7 nitrogen and oxygen atoms in total. The van der Waals surface area contributed by atoms with Gasteiger partial charge in [0.2, 0.25) is 5.91 Å². The van der Waals surface area contributed by atoms with Gasteiger partial charge in [-0.3, -0.25) is 14.9 Å². The van der Waals surface area contributed by atoms with Crippen LogP contribution in [0.5, 0.6) is 5.75 Å². The molecule has 0 unspecified atom stereocenters. The summed E-state index contributed by atoms with van der Waals surface area (Å²) in [5.41, 5.74) is 1.73. The maximum absolute atomic E-state index is 11.8. The van der Waals surface area contributed by atoms with Crippen LogP contribution in [0.25, 0.3) is 17.5 Å². The van der Waals surface area contributed by atoms with Crippen molar-refractivity contribution in [2.24, 2.45) is 0 Å². The van der Waals surface area contributed by atoms with Crippen LogP contribution in [-0.4, -0.2) is 33.2 Å². The van der Waals surface area contributed by atoms with E-state index in [1.165, 1.54) is 6.08 Å². The Bertz CT molecular complexity index is 857. The largest absolute Gasteiger partial charge is 0.497 e. The zero-order valence-corrected chi connectivity index (χ0v) is 13.6. The molecule has 126 valence electrons. The number of aromatic nitrogens is 4. The standard InChI is InChI=1S/C18H17N5O2/c1-25-15-7-5-14(6-8-15)18-21-16(22-23-18)12-20-17(24)9-4-13-3-2-10-19-11-13/h2-11H,12H2,1H3,(H,20,24)(H,21,22,23)/b9-4+. The second-order valence-corrected chi connectivity index (χ2v) is 5.17. The van der Waals surface area contributed by atoms with Crippen molar-refractivity contribution in [1.29, 1.82) is 0 Å². The van der Waals surface area contributed by atoms with Crippen molar-refractivity contribution in [3.63, 3.8) is 0 Å². The third-order valence-corrected chi connectivity index (χ3v) is 3.42. The highest BCUT2D eigenvalue weighted by atomic mass is 16.5. The Labute approximate surface area is 144 Å². The summed E-state index contributed by atoms with van der Waals surface area (Å²) in [4.78, 5) is 20.2. The number of H-pyrrole nitrogens is 1. The molecule has 1 amide bonds. The summed E-state index contributed by atoms with van der Waals surface area (Å²) in [5.74, 6) is 1.70. The molecule has 0 fully saturated rings. The Kier molecular flexibility index (Phi) is 5.16. The SMILES string of the molecule is COc1ccc(-c2n[nH]c(CNC(=O)/C=C/c3cccnc3)n2)cc1. The molecule has 0 aliphatic heterocycles. The summed E-state index contributed by atoms with van der Waals surface area (Å²) >= 11 is 0. The van der Waals surface area contributed by atoms with Crippen LogP contribution >= 0.6 is 0 Å². The molecule has 3 aromatic rings. The maximum atomic E-state index is 11.8. The Balaban J connectivity index is 1.56. The Morgan fingerprint density at radius 3 is 2.84 bits per heavy atom. The van der Waals surface area contributed by atoms with Crippen LogP contribution in [0.1, 0.15) is 11.4 Å². The first-order chi connectivity index (χ1) is 12.2. The highest BCUT2D eigenvalue weighted by Crippen LogP contribution is 2.18. The summed E-state index contributed by atoms with van der Waals surface area (Å²) in [6.45, 7) is 0.263. The van der Waals surface area contributed by atoms with Crippen molar-refractivity contribution in [3.8, 4) is 17.1 Å². The average molecular weight is 335 g/mol. The van der Waals surface area contributed by atoms with E-state index in [0.29, 0.717) is 11.6 Å². The number of amides is 1. The van der Waals surface area contributed by atoms with E-state index in [9.17, 15) is 4.79 Å². The fourth-order valence-corrected chi connectivity index (χ4v) is 2.12. The maximum Gasteiger partial charge on any atom is 0.244 e. The predicted octanol–water partition coefficient (Wildman–Crippen LogP) is 2.20. The van der Waals surface area contributed by atoms with E-state index >= 15 is 0 Å². The third-order valence-electron chi connectivity index (χ3n) is 3.42. The average Bonchev–Trinajstić information content (AvgIpc) is 3.14. The van der Waals surface area contributed by atoms with Gasteiger partial charge in [0.15, 0.2) is 5.82 Å². The van der Waals surface area contributed by atoms with Gasteiger partial charge in [0.25, 0.3) is 0 Å². The molecule has 25 heavy (non-hydrogen) atoms. The van der Waals surface area contributed by atoms with Gasteiger partial charge in [-0.2, -0.15) is 5.10 Å². The van der Waals surface area contributed by atoms with Gasteiger partial charge in [0.05, 0.1) is 13.7 Å². The molecule has 2 heterocycles. The number of hydrogen-bond acceptors (Lipinski definition) is 5. The molecular weight excluding hydrogens is 318 g/mol. The van der Waals surface area contributed by atoms with E-state index in [1.807, 2.05) is 36.4 Å². The Morgan fingerprint density at radius 1 is 1.28 bits per heavy atom. The summed E-state index contributed by atoms with van der Waals surface area (Å²) in [7, 11) is 1.62. The lowest BCUT2D eigenvalue weighted by Gasteiger charge is -1.99. The van der Waals surface area contributed by atoms with Crippen molar-refractivity contribution in [3.05, 3.63) is 66.3 Å². The molecule has 0 spiro atoms. The third kappa shape index (κ3) is 4.51. The monoisotopic (exact) mass is 335 g/mol. The van der Waals surface area contributed by atoms with E-state index in [1.54, 1.807) is 25.6 Å². The molecule has 0 bridgehead atoms. The Morgan fingerprint density at radius 2 is 2.12 bits per heavy atom. The first-order valence-electron chi connectivity index (χ1n) is 7.66. The highest BCUT2D eigenvalue weighted by molar-refractivity contribution is 5.91. The van der Waals surface area contributed by atoms with Crippen molar-refractivity contribution in [2.45, 2.75) is 6.54 Å². The number of nitrogens with one attached hydrogen (secondary N) is 2. The van der Waals surface area contributed by atoms with Gasteiger partial charge in [0, 0.05) is 24.0 Å². The molecule has 0 radical (unpaired) electrons. The van der Waals surface area contributed by atoms with Gasteiger partial charge in [0.1, 0.15) is 11.6 Å². The molecule has 2 N–H and O–H groups in total. The fourth-order valence-electron chi connectivity index (χ4n) is 2.12. The normalized spacial score (nSPS) is 10.8. The zero-order valence-electron chi connectivity index (χ0n) is 13.6. The van der Waals surface area contributed by atoms with E-state index in [0.717, 1.165) is 16.9 Å². The summed E-state index contributed by atoms with van der Waals surface area (Å²) in [6, 6.07) is 11.1. The number of carbonyl (C=O) groups excluding carboxylic acids is 1. The van der Waals surface area contributed by atoms with Crippen LogP contribution in [0, 0.1) is 0 Å². The fraction of sp³-hybridized carbons (Fsp3) is 0.111. The lowest BCUT2D eigenvalue weighted by atomic mass is 10.2. The molecule has 1 aromatic carbocycles. The smallest absolute Gasteiger partial charge is 0.244 e. The number of hydrogen-bond donors (Lipinski definition) is 2. The molecule has 0 aliphatic rings.